The molecular weight excluding hydrogens is 387 g/mol. The molecule has 1 atom stereocenters. The van der Waals surface area contributed by atoms with Crippen molar-refractivity contribution in [1.82, 2.24) is 9.80 Å². The number of methoxy groups -OCH3 is 3. The summed E-state index contributed by atoms with van der Waals surface area (Å²) in [5.41, 5.74) is 1.73. The van der Waals surface area contributed by atoms with Gasteiger partial charge < -0.3 is 19.3 Å². The predicted octanol–water partition coefficient (Wildman–Crippen LogP) is 2.92. The van der Waals surface area contributed by atoms with E-state index in [9.17, 15) is 9.50 Å². The van der Waals surface area contributed by atoms with Crippen molar-refractivity contribution in [1.29, 1.82) is 0 Å². The molecule has 1 heterocycles. The molecule has 0 unspecified atom stereocenters. The predicted molar refractivity (Wildman–Crippen MR) is 114 cm³/mol. The average Bonchev–Trinajstić information content (AvgIpc) is 2.77. The number of benzene rings is 2. The fourth-order valence-electron chi connectivity index (χ4n) is 3.96. The second-order valence-electron chi connectivity index (χ2n) is 7.55. The lowest BCUT2D eigenvalue weighted by Crippen LogP contribution is -2.52. The average molecular weight is 419 g/mol. The lowest BCUT2D eigenvalue weighted by molar-refractivity contribution is 0.0494. The van der Waals surface area contributed by atoms with Gasteiger partial charge in [-0.25, -0.2) is 4.39 Å². The molecule has 0 bridgehead atoms. The van der Waals surface area contributed by atoms with Crippen molar-refractivity contribution in [3.8, 4) is 17.2 Å². The van der Waals surface area contributed by atoms with Crippen molar-refractivity contribution >= 4 is 0 Å². The van der Waals surface area contributed by atoms with Gasteiger partial charge in [0.05, 0.1) is 21.3 Å². The number of aliphatic hydroxyl groups excluding tert-OH is 1. The Labute approximate surface area is 177 Å². The maximum Gasteiger partial charge on any atom is 0.127 e. The summed E-state index contributed by atoms with van der Waals surface area (Å²) in [4.78, 5) is 4.60. The molecule has 0 radical (unpaired) electrons. The molecule has 2 aromatic rings. The smallest absolute Gasteiger partial charge is 0.127 e. The van der Waals surface area contributed by atoms with Gasteiger partial charge in [-0.2, -0.15) is 0 Å². The Morgan fingerprint density at radius 1 is 0.933 bits per heavy atom. The Morgan fingerprint density at radius 3 is 2.27 bits per heavy atom. The highest BCUT2D eigenvalue weighted by Crippen LogP contribution is 2.26. The number of piperazine rings is 1. The molecule has 1 fully saturated rings. The van der Waals surface area contributed by atoms with Gasteiger partial charge in [-0.05, 0) is 42.3 Å². The van der Waals surface area contributed by atoms with Gasteiger partial charge in [-0.15, -0.1) is 0 Å². The van der Waals surface area contributed by atoms with Crippen LogP contribution in [0.2, 0.25) is 0 Å². The molecule has 1 aliphatic heterocycles. The first-order valence-electron chi connectivity index (χ1n) is 10.2. The molecule has 7 heteroatoms. The zero-order valence-corrected chi connectivity index (χ0v) is 17.9. The molecule has 0 aliphatic carbocycles. The second-order valence-corrected chi connectivity index (χ2v) is 7.55. The van der Waals surface area contributed by atoms with Crippen molar-refractivity contribution in [2.45, 2.75) is 25.6 Å². The lowest BCUT2D eigenvalue weighted by Gasteiger charge is -2.41. The van der Waals surface area contributed by atoms with Gasteiger partial charge in [-0.3, -0.25) is 9.80 Å². The van der Waals surface area contributed by atoms with Crippen LogP contribution in [0.15, 0.2) is 36.4 Å². The number of hydrogen-bond acceptors (Lipinski definition) is 6. The van der Waals surface area contributed by atoms with Crippen LogP contribution in [-0.2, 0) is 13.1 Å². The van der Waals surface area contributed by atoms with Crippen molar-refractivity contribution < 1.29 is 23.7 Å². The van der Waals surface area contributed by atoms with Crippen LogP contribution >= 0.6 is 0 Å². The van der Waals surface area contributed by atoms with Gasteiger partial charge in [0.2, 0.25) is 0 Å². The molecule has 2 aromatic carbocycles. The zero-order chi connectivity index (χ0) is 21.5. The summed E-state index contributed by atoms with van der Waals surface area (Å²) < 4.78 is 30.3. The zero-order valence-electron chi connectivity index (χ0n) is 17.9. The van der Waals surface area contributed by atoms with Gasteiger partial charge in [-0.1, -0.05) is 0 Å². The molecule has 0 saturated carbocycles. The first-order valence-corrected chi connectivity index (χ1v) is 10.2. The number of hydrogen-bond donors (Lipinski definition) is 1. The molecule has 0 amide bonds. The molecule has 6 nitrogen and oxygen atoms in total. The minimum atomic E-state index is -0.222. The van der Waals surface area contributed by atoms with Gasteiger partial charge in [0.1, 0.15) is 23.1 Å². The molecule has 3 rings (SSSR count). The van der Waals surface area contributed by atoms with Crippen LogP contribution < -0.4 is 14.2 Å². The van der Waals surface area contributed by atoms with Crippen molar-refractivity contribution in [2.75, 3.05) is 47.6 Å². The first kappa shape index (κ1) is 22.3. The lowest BCUT2D eigenvalue weighted by atomic mass is 10.1. The Hall–Kier alpha value is -2.35. The van der Waals surface area contributed by atoms with Gasteiger partial charge in [0, 0.05) is 57.0 Å². The van der Waals surface area contributed by atoms with Crippen LogP contribution in [0.5, 0.6) is 17.2 Å². The normalized spacial score (nSPS) is 17.7. The van der Waals surface area contributed by atoms with Crippen molar-refractivity contribution in [3.05, 3.63) is 53.3 Å². The van der Waals surface area contributed by atoms with E-state index >= 15 is 0 Å². The second kappa shape index (κ2) is 10.6. The molecule has 1 N–H and O–H groups in total. The van der Waals surface area contributed by atoms with Crippen molar-refractivity contribution in [2.24, 2.45) is 0 Å². The third kappa shape index (κ3) is 5.62. The SMILES string of the molecule is COc1cc(CN2CCN(Cc3cc(OC)ccc3F)C[C@@H]2CCO)cc(OC)c1. The fraction of sp³-hybridized carbons (Fsp3) is 0.478. The van der Waals surface area contributed by atoms with E-state index in [1.54, 1.807) is 33.5 Å². The largest absolute Gasteiger partial charge is 0.497 e. The van der Waals surface area contributed by atoms with Gasteiger partial charge in [0.15, 0.2) is 0 Å². The summed E-state index contributed by atoms with van der Waals surface area (Å²) in [6, 6.07) is 10.9. The molecule has 0 spiro atoms. The number of rotatable bonds is 9. The topological polar surface area (TPSA) is 54.4 Å². The summed E-state index contributed by atoms with van der Waals surface area (Å²) in [7, 11) is 4.87. The van der Waals surface area contributed by atoms with E-state index < -0.39 is 0 Å². The molecule has 30 heavy (non-hydrogen) atoms. The Kier molecular flexibility index (Phi) is 7.90. The fourth-order valence-corrected chi connectivity index (χ4v) is 3.96. The van der Waals surface area contributed by atoms with Crippen LogP contribution in [0.1, 0.15) is 17.5 Å². The first-order chi connectivity index (χ1) is 14.6. The van der Waals surface area contributed by atoms with Gasteiger partial charge in [0.25, 0.3) is 0 Å². The molecule has 0 aromatic heterocycles. The maximum absolute atomic E-state index is 14.3. The van der Waals surface area contributed by atoms with Crippen LogP contribution in [0.3, 0.4) is 0 Å². The van der Waals surface area contributed by atoms with Crippen LogP contribution in [0.25, 0.3) is 0 Å². The van der Waals surface area contributed by atoms with E-state index in [2.05, 4.69) is 9.80 Å². The van der Waals surface area contributed by atoms with Crippen LogP contribution in [0, 0.1) is 5.82 Å². The highest BCUT2D eigenvalue weighted by molar-refractivity contribution is 5.38. The minimum absolute atomic E-state index is 0.115. The summed E-state index contributed by atoms with van der Waals surface area (Å²) in [5, 5.41) is 9.59. The molecule has 1 saturated heterocycles. The van der Waals surface area contributed by atoms with Gasteiger partial charge >= 0.3 is 0 Å². The Balaban J connectivity index is 1.70. The Morgan fingerprint density at radius 2 is 1.63 bits per heavy atom. The molecular formula is C23H31FN2O4. The highest BCUT2D eigenvalue weighted by Gasteiger charge is 2.27. The summed E-state index contributed by atoms with van der Waals surface area (Å²) >= 11 is 0. The molecule has 164 valence electrons. The standard InChI is InChI=1S/C23H31FN2O4/c1-28-20-4-5-23(24)18(12-20)15-25-7-8-26(19(16-25)6-9-27)14-17-10-21(29-2)13-22(11-17)30-3/h4-5,10-13,19,27H,6-9,14-16H2,1-3H3/t19-/m0/s1. The number of ether oxygens (including phenoxy) is 3. The van der Waals surface area contributed by atoms with E-state index in [-0.39, 0.29) is 18.5 Å². The van der Waals surface area contributed by atoms with E-state index in [0.29, 0.717) is 24.3 Å². The quantitative estimate of drug-likeness (QED) is 0.676. The Bertz CT molecular complexity index is 811. The minimum Gasteiger partial charge on any atom is -0.497 e. The molecule has 1 aliphatic rings. The maximum atomic E-state index is 14.3. The monoisotopic (exact) mass is 418 g/mol. The van der Waals surface area contributed by atoms with Crippen LogP contribution in [0.4, 0.5) is 4.39 Å². The highest BCUT2D eigenvalue weighted by atomic mass is 19.1. The summed E-state index contributed by atoms with van der Waals surface area (Å²) in [5.74, 6) is 1.95. The summed E-state index contributed by atoms with van der Waals surface area (Å²) in [6.45, 7) is 3.78. The third-order valence-corrected chi connectivity index (χ3v) is 5.59. The number of nitrogens with zero attached hydrogens (tertiary/aromatic N) is 2. The third-order valence-electron chi connectivity index (χ3n) is 5.59. The van der Waals surface area contributed by atoms with Crippen LogP contribution in [-0.4, -0.2) is 68.5 Å². The van der Waals surface area contributed by atoms with E-state index in [0.717, 1.165) is 43.2 Å². The number of aliphatic hydroxyl groups is 1. The number of halogens is 1. The van der Waals surface area contributed by atoms with E-state index in [4.69, 9.17) is 14.2 Å². The van der Waals surface area contributed by atoms with Crippen molar-refractivity contribution in [3.63, 3.8) is 0 Å². The summed E-state index contributed by atoms with van der Waals surface area (Å²) in [6.07, 6.45) is 0.665. The van der Waals surface area contributed by atoms with E-state index in [1.807, 2.05) is 18.2 Å². The van der Waals surface area contributed by atoms with E-state index in [1.165, 1.54) is 6.07 Å².